The summed E-state index contributed by atoms with van der Waals surface area (Å²) in [7, 11) is 0. The van der Waals surface area contributed by atoms with E-state index in [0.717, 1.165) is 25.1 Å². The molecule has 0 fully saturated rings. The molecule has 1 aromatic rings. The van der Waals surface area contributed by atoms with Crippen LogP contribution in [-0.4, -0.2) is 15.3 Å². The van der Waals surface area contributed by atoms with Crippen LogP contribution in [0.4, 0.5) is 0 Å². The van der Waals surface area contributed by atoms with E-state index < -0.39 is 0 Å². The molecule has 0 aliphatic heterocycles. The van der Waals surface area contributed by atoms with Gasteiger partial charge in [0.1, 0.15) is 0 Å². The Morgan fingerprint density at radius 2 is 2.06 bits per heavy atom. The first-order valence-corrected chi connectivity index (χ1v) is 6.24. The second-order valence-electron chi connectivity index (χ2n) is 5.16. The van der Waals surface area contributed by atoms with Gasteiger partial charge in [0.25, 0.3) is 0 Å². The molecule has 1 unspecified atom stereocenters. The summed E-state index contributed by atoms with van der Waals surface area (Å²) in [6.45, 7) is 9.41. The summed E-state index contributed by atoms with van der Waals surface area (Å²) in [6, 6.07) is 2.11. The lowest BCUT2D eigenvalue weighted by Crippen LogP contribution is -2.37. The summed E-state index contributed by atoms with van der Waals surface area (Å²) in [5.41, 5.74) is 8.53. The fraction of sp³-hybridized carbons (Fsp3) is 0.769. The predicted octanol–water partition coefficient (Wildman–Crippen LogP) is 2.80. The Hall–Kier alpha value is -0.830. The van der Waals surface area contributed by atoms with Gasteiger partial charge in [-0.25, -0.2) is 0 Å². The Morgan fingerprint density at radius 3 is 2.56 bits per heavy atom. The topological polar surface area (TPSA) is 43.8 Å². The van der Waals surface area contributed by atoms with Crippen molar-refractivity contribution in [3.63, 3.8) is 0 Å². The average molecular weight is 223 g/mol. The molecule has 3 nitrogen and oxygen atoms in total. The summed E-state index contributed by atoms with van der Waals surface area (Å²) in [6.07, 6.45) is 4.52. The number of unbranched alkanes of at least 4 members (excludes halogenated alkanes) is 1. The van der Waals surface area contributed by atoms with Crippen molar-refractivity contribution in [2.45, 2.75) is 65.5 Å². The number of aryl methyl sites for hydroxylation is 3. The van der Waals surface area contributed by atoms with E-state index in [9.17, 15) is 0 Å². The third kappa shape index (κ3) is 3.97. The van der Waals surface area contributed by atoms with E-state index in [4.69, 9.17) is 5.73 Å². The van der Waals surface area contributed by atoms with Crippen molar-refractivity contribution in [2.24, 2.45) is 5.73 Å². The highest BCUT2D eigenvalue weighted by Gasteiger charge is 2.17. The Bertz CT molecular complexity index is 326. The molecule has 3 heteroatoms. The highest BCUT2D eigenvalue weighted by molar-refractivity contribution is 5.06. The Balaban J connectivity index is 2.47. The first-order valence-electron chi connectivity index (χ1n) is 6.24. The zero-order chi connectivity index (χ0) is 12.2. The lowest BCUT2D eigenvalue weighted by molar-refractivity contribution is 0.353. The van der Waals surface area contributed by atoms with Crippen molar-refractivity contribution in [3.8, 4) is 0 Å². The molecule has 16 heavy (non-hydrogen) atoms. The van der Waals surface area contributed by atoms with Gasteiger partial charge in [0, 0.05) is 17.8 Å². The third-order valence-electron chi connectivity index (χ3n) is 3.10. The van der Waals surface area contributed by atoms with Gasteiger partial charge in [0.05, 0.1) is 5.69 Å². The highest BCUT2D eigenvalue weighted by Crippen LogP contribution is 2.16. The summed E-state index contributed by atoms with van der Waals surface area (Å²) in [5, 5.41) is 4.45. The molecule has 0 aromatic carbocycles. The molecule has 0 radical (unpaired) electrons. The first kappa shape index (κ1) is 13.2. The van der Waals surface area contributed by atoms with Crippen molar-refractivity contribution in [2.75, 3.05) is 0 Å². The lowest BCUT2D eigenvalue weighted by atomic mass is 9.92. The molecule has 0 spiro atoms. The number of nitrogens with two attached hydrogens (primary N) is 1. The van der Waals surface area contributed by atoms with Crippen LogP contribution in [0.25, 0.3) is 0 Å². The van der Waals surface area contributed by atoms with Crippen LogP contribution in [0.15, 0.2) is 6.07 Å². The molecule has 0 saturated carbocycles. The molecule has 0 bridgehead atoms. The van der Waals surface area contributed by atoms with E-state index >= 15 is 0 Å². The monoisotopic (exact) mass is 223 g/mol. The number of rotatable bonds is 6. The molecule has 1 atom stereocenters. The zero-order valence-electron chi connectivity index (χ0n) is 11.1. The van der Waals surface area contributed by atoms with Gasteiger partial charge in [0.2, 0.25) is 0 Å². The van der Waals surface area contributed by atoms with Crippen LogP contribution in [0.1, 0.15) is 50.9 Å². The van der Waals surface area contributed by atoms with Crippen molar-refractivity contribution < 1.29 is 0 Å². The molecule has 92 valence electrons. The van der Waals surface area contributed by atoms with Gasteiger partial charge in [-0.2, -0.15) is 5.10 Å². The Labute approximate surface area is 99.0 Å². The fourth-order valence-electron chi connectivity index (χ4n) is 1.97. The summed E-state index contributed by atoms with van der Waals surface area (Å²) in [5.74, 6) is 0. The molecule has 0 aliphatic rings. The number of hydrogen-bond donors (Lipinski definition) is 1. The zero-order valence-corrected chi connectivity index (χ0v) is 11.1. The second-order valence-corrected chi connectivity index (χ2v) is 5.16. The highest BCUT2D eigenvalue weighted by atomic mass is 15.3. The van der Waals surface area contributed by atoms with Gasteiger partial charge < -0.3 is 5.73 Å². The van der Waals surface area contributed by atoms with Gasteiger partial charge in [-0.1, -0.05) is 19.8 Å². The Morgan fingerprint density at radius 1 is 1.38 bits per heavy atom. The average Bonchev–Trinajstić information content (AvgIpc) is 2.52. The molecule has 0 saturated heterocycles. The summed E-state index contributed by atoms with van der Waals surface area (Å²) in [4.78, 5) is 0. The van der Waals surface area contributed by atoms with Gasteiger partial charge in [-0.3, -0.25) is 4.68 Å². The van der Waals surface area contributed by atoms with Crippen molar-refractivity contribution in [3.05, 3.63) is 17.5 Å². The van der Waals surface area contributed by atoms with Crippen LogP contribution >= 0.6 is 0 Å². The number of nitrogens with zero attached hydrogens (tertiary/aromatic N) is 2. The maximum absolute atomic E-state index is 6.27. The van der Waals surface area contributed by atoms with E-state index in [1.165, 1.54) is 18.5 Å². The maximum Gasteiger partial charge on any atom is 0.0596 e. The molecule has 1 rings (SSSR count). The van der Waals surface area contributed by atoms with Crippen LogP contribution in [-0.2, 0) is 6.54 Å². The molecule has 1 aromatic heterocycles. The van der Waals surface area contributed by atoms with Crippen molar-refractivity contribution in [1.29, 1.82) is 0 Å². The largest absolute Gasteiger partial charge is 0.325 e. The van der Waals surface area contributed by atoms with E-state index in [0.29, 0.717) is 0 Å². The molecule has 2 N–H and O–H groups in total. The summed E-state index contributed by atoms with van der Waals surface area (Å²) < 4.78 is 2.06. The van der Waals surface area contributed by atoms with Crippen LogP contribution < -0.4 is 5.73 Å². The lowest BCUT2D eigenvalue weighted by Gasteiger charge is -2.24. The number of hydrogen-bond acceptors (Lipinski definition) is 2. The van der Waals surface area contributed by atoms with Crippen LogP contribution in [0.2, 0.25) is 0 Å². The van der Waals surface area contributed by atoms with E-state index in [2.05, 4.69) is 36.6 Å². The van der Waals surface area contributed by atoms with E-state index in [-0.39, 0.29) is 5.54 Å². The predicted molar refractivity (Wildman–Crippen MR) is 68.4 cm³/mol. The minimum atomic E-state index is -0.0533. The minimum absolute atomic E-state index is 0.0533. The van der Waals surface area contributed by atoms with Crippen molar-refractivity contribution in [1.82, 2.24) is 9.78 Å². The molecule has 0 amide bonds. The van der Waals surface area contributed by atoms with Crippen LogP contribution in [0, 0.1) is 13.8 Å². The van der Waals surface area contributed by atoms with Crippen LogP contribution in [0.5, 0.6) is 0 Å². The Kier molecular flexibility index (Phi) is 4.54. The quantitative estimate of drug-likeness (QED) is 0.806. The summed E-state index contributed by atoms with van der Waals surface area (Å²) >= 11 is 0. The smallest absolute Gasteiger partial charge is 0.0596 e. The number of aromatic nitrogens is 2. The maximum atomic E-state index is 6.27. The van der Waals surface area contributed by atoms with Gasteiger partial charge >= 0.3 is 0 Å². The normalized spacial score (nSPS) is 15.1. The molecule has 0 aliphatic carbocycles. The second kappa shape index (κ2) is 5.48. The fourth-order valence-corrected chi connectivity index (χ4v) is 1.97. The molecule has 1 heterocycles. The standard InChI is InChI=1S/C13H25N3/c1-5-6-7-13(4,14)8-9-16-12(3)10-11(2)15-16/h10H,5-9,14H2,1-4H3. The van der Waals surface area contributed by atoms with E-state index in [1.54, 1.807) is 0 Å². The van der Waals surface area contributed by atoms with Crippen molar-refractivity contribution >= 4 is 0 Å². The van der Waals surface area contributed by atoms with Gasteiger partial charge in [0.15, 0.2) is 0 Å². The first-order chi connectivity index (χ1) is 7.44. The van der Waals surface area contributed by atoms with Crippen LogP contribution in [0.3, 0.4) is 0 Å². The third-order valence-corrected chi connectivity index (χ3v) is 3.10. The minimum Gasteiger partial charge on any atom is -0.325 e. The van der Waals surface area contributed by atoms with E-state index in [1.807, 2.05) is 6.92 Å². The van der Waals surface area contributed by atoms with Gasteiger partial charge in [-0.15, -0.1) is 0 Å². The molecular weight excluding hydrogens is 198 g/mol. The van der Waals surface area contributed by atoms with Gasteiger partial charge in [-0.05, 0) is 39.7 Å². The SMILES string of the molecule is CCCCC(C)(N)CCn1nc(C)cc1C. The molecular formula is C13H25N3.